The third kappa shape index (κ3) is 3.83. The summed E-state index contributed by atoms with van der Waals surface area (Å²) in [6.45, 7) is 2.64. The van der Waals surface area contributed by atoms with E-state index in [2.05, 4.69) is 4.98 Å². The molecular weight excluding hydrogens is 462 g/mol. The molecule has 3 aromatic carbocycles. The summed E-state index contributed by atoms with van der Waals surface area (Å²) in [5.74, 6) is 0.448. The molecule has 0 saturated heterocycles. The van der Waals surface area contributed by atoms with Crippen molar-refractivity contribution < 1.29 is 22.7 Å². The maximum Gasteiger partial charge on any atom is 0.208 e. The maximum atomic E-state index is 13.8. The molecule has 0 unspecified atom stereocenters. The lowest BCUT2D eigenvalue weighted by Gasteiger charge is -2.20. The second-order valence-electron chi connectivity index (χ2n) is 7.67. The third-order valence-corrected chi connectivity index (χ3v) is 7.56. The van der Waals surface area contributed by atoms with Gasteiger partial charge in [0, 0.05) is 28.2 Å². The van der Waals surface area contributed by atoms with Gasteiger partial charge in [0.05, 0.1) is 20.9 Å². The first kappa shape index (κ1) is 21.4. The second kappa shape index (κ2) is 8.17. The molecule has 1 aliphatic heterocycles. The minimum Gasteiger partial charge on any atom is -0.486 e. The molecule has 1 aromatic heterocycles. The SMILES string of the molecule is Cc1ccc(C(=O)c2cnc3cc4c(cc3c2S(=O)(=O)c2ccc(Cl)cc2)OCCO4)cc1. The Balaban J connectivity index is 1.80. The quantitative estimate of drug-likeness (QED) is 0.382. The number of fused-ring (bicyclic) bond motifs is 2. The van der Waals surface area contributed by atoms with Crippen molar-refractivity contribution in [3.63, 3.8) is 0 Å². The molecule has 0 atom stereocenters. The van der Waals surface area contributed by atoms with Crippen LogP contribution in [-0.2, 0) is 9.84 Å². The van der Waals surface area contributed by atoms with E-state index in [4.69, 9.17) is 21.1 Å². The van der Waals surface area contributed by atoms with Gasteiger partial charge in [-0.15, -0.1) is 0 Å². The largest absolute Gasteiger partial charge is 0.486 e. The minimum atomic E-state index is -4.12. The van der Waals surface area contributed by atoms with Gasteiger partial charge in [-0.3, -0.25) is 9.78 Å². The van der Waals surface area contributed by atoms with Gasteiger partial charge in [0.25, 0.3) is 0 Å². The normalized spacial score (nSPS) is 13.2. The van der Waals surface area contributed by atoms with Gasteiger partial charge in [-0.05, 0) is 37.3 Å². The van der Waals surface area contributed by atoms with E-state index < -0.39 is 15.6 Å². The predicted octanol–water partition coefficient (Wildman–Crippen LogP) is 5.03. The Bertz CT molecular complexity index is 1500. The number of hydrogen-bond donors (Lipinski definition) is 0. The smallest absolute Gasteiger partial charge is 0.208 e. The summed E-state index contributed by atoms with van der Waals surface area (Å²) in [7, 11) is -4.12. The number of ether oxygens (including phenoxy) is 2. The van der Waals surface area contributed by atoms with Crippen molar-refractivity contribution in [3.8, 4) is 11.5 Å². The maximum absolute atomic E-state index is 13.8. The first-order chi connectivity index (χ1) is 15.8. The van der Waals surface area contributed by atoms with Gasteiger partial charge in [-0.25, -0.2) is 8.42 Å². The highest BCUT2D eigenvalue weighted by atomic mass is 35.5. The number of ketones is 1. The average Bonchev–Trinajstić information content (AvgIpc) is 2.82. The second-order valence-corrected chi connectivity index (χ2v) is 9.99. The fourth-order valence-corrected chi connectivity index (χ4v) is 5.49. The number of benzene rings is 3. The highest BCUT2D eigenvalue weighted by Crippen LogP contribution is 2.39. The van der Waals surface area contributed by atoms with E-state index in [-0.39, 0.29) is 20.7 Å². The Kier molecular flexibility index (Phi) is 5.31. The lowest BCUT2D eigenvalue weighted by Crippen LogP contribution is -2.16. The molecule has 0 aliphatic carbocycles. The van der Waals surface area contributed by atoms with Gasteiger partial charge < -0.3 is 9.47 Å². The van der Waals surface area contributed by atoms with E-state index in [1.54, 1.807) is 36.4 Å². The van der Waals surface area contributed by atoms with E-state index in [1.165, 1.54) is 30.5 Å². The number of nitrogens with zero attached hydrogens (tertiary/aromatic N) is 1. The zero-order chi connectivity index (χ0) is 23.2. The molecule has 0 spiro atoms. The van der Waals surface area contributed by atoms with Crippen LogP contribution >= 0.6 is 11.6 Å². The monoisotopic (exact) mass is 479 g/mol. The lowest BCUT2D eigenvalue weighted by molar-refractivity contribution is 0.103. The van der Waals surface area contributed by atoms with E-state index in [9.17, 15) is 13.2 Å². The van der Waals surface area contributed by atoms with Gasteiger partial charge >= 0.3 is 0 Å². The van der Waals surface area contributed by atoms with Crippen molar-refractivity contribution in [2.75, 3.05) is 13.2 Å². The van der Waals surface area contributed by atoms with E-state index in [0.717, 1.165) is 5.56 Å². The van der Waals surface area contributed by atoms with Crippen LogP contribution in [0, 0.1) is 6.92 Å². The fraction of sp³-hybridized carbons (Fsp3) is 0.120. The zero-order valence-corrected chi connectivity index (χ0v) is 19.1. The topological polar surface area (TPSA) is 82.6 Å². The lowest BCUT2D eigenvalue weighted by atomic mass is 10.0. The highest BCUT2D eigenvalue weighted by molar-refractivity contribution is 7.91. The molecule has 1 aliphatic rings. The summed E-state index contributed by atoms with van der Waals surface area (Å²) in [6, 6.07) is 16.0. The molecule has 33 heavy (non-hydrogen) atoms. The van der Waals surface area contributed by atoms with E-state index >= 15 is 0 Å². The van der Waals surface area contributed by atoms with Crippen LogP contribution < -0.4 is 9.47 Å². The number of aromatic nitrogens is 1. The summed E-state index contributed by atoms with van der Waals surface area (Å²) < 4.78 is 39.0. The van der Waals surface area contributed by atoms with Crippen LogP contribution in [0.15, 0.2) is 76.7 Å². The minimum absolute atomic E-state index is 0.0158. The summed E-state index contributed by atoms with van der Waals surface area (Å²) >= 11 is 5.97. The average molecular weight is 480 g/mol. The number of pyridine rings is 1. The number of halogens is 1. The Morgan fingerprint density at radius 3 is 2.24 bits per heavy atom. The first-order valence-electron chi connectivity index (χ1n) is 10.2. The predicted molar refractivity (Wildman–Crippen MR) is 124 cm³/mol. The fourth-order valence-electron chi connectivity index (χ4n) is 3.75. The molecule has 0 radical (unpaired) electrons. The molecule has 2 heterocycles. The Hall–Kier alpha value is -3.42. The van der Waals surface area contributed by atoms with Crippen molar-refractivity contribution in [1.82, 2.24) is 4.98 Å². The number of aryl methyl sites for hydroxylation is 1. The van der Waals surface area contributed by atoms with Crippen molar-refractivity contribution >= 4 is 38.1 Å². The van der Waals surface area contributed by atoms with E-state index in [1.807, 2.05) is 6.92 Å². The molecule has 0 fully saturated rings. The number of hydrogen-bond acceptors (Lipinski definition) is 6. The van der Waals surface area contributed by atoms with Crippen molar-refractivity contribution in [2.45, 2.75) is 16.7 Å². The van der Waals surface area contributed by atoms with E-state index in [0.29, 0.717) is 40.8 Å². The molecule has 0 N–H and O–H groups in total. The van der Waals surface area contributed by atoms with Crippen molar-refractivity contribution in [2.24, 2.45) is 0 Å². The van der Waals surface area contributed by atoms with Crippen molar-refractivity contribution in [3.05, 3.63) is 88.6 Å². The molecule has 6 nitrogen and oxygen atoms in total. The standard InChI is InChI=1S/C25H18ClNO5S/c1-15-2-4-16(5-3-15)24(28)20-14-27-21-13-23-22(31-10-11-32-23)12-19(21)25(20)33(29,30)18-8-6-17(26)7-9-18/h2-9,12-14H,10-11H2,1H3. The number of carbonyl (C=O) groups is 1. The summed E-state index contributed by atoms with van der Waals surface area (Å²) in [6.07, 6.45) is 1.31. The molecule has 4 aromatic rings. The van der Waals surface area contributed by atoms with Gasteiger partial charge in [0.1, 0.15) is 13.2 Å². The van der Waals surface area contributed by atoms with Crippen LogP contribution in [0.2, 0.25) is 5.02 Å². The summed E-state index contributed by atoms with van der Waals surface area (Å²) in [5.41, 5.74) is 1.72. The number of rotatable bonds is 4. The molecule has 5 rings (SSSR count). The molecule has 8 heteroatoms. The summed E-state index contributed by atoms with van der Waals surface area (Å²) in [4.78, 5) is 17.7. The van der Waals surface area contributed by atoms with Gasteiger partial charge in [0.2, 0.25) is 9.84 Å². The number of carbonyl (C=O) groups excluding carboxylic acids is 1. The van der Waals surface area contributed by atoms with Gasteiger partial charge in [-0.2, -0.15) is 0 Å². The van der Waals surface area contributed by atoms with Crippen LogP contribution in [0.25, 0.3) is 10.9 Å². The molecule has 0 saturated carbocycles. The van der Waals surface area contributed by atoms with Crippen LogP contribution in [-0.4, -0.2) is 32.4 Å². The van der Waals surface area contributed by atoms with Crippen LogP contribution in [0.4, 0.5) is 0 Å². The van der Waals surface area contributed by atoms with Crippen LogP contribution in [0.5, 0.6) is 11.5 Å². The van der Waals surface area contributed by atoms with Gasteiger partial charge in [0.15, 0.2) is 17.3 Å². The van der Waals surface area contributed by atoms with Gasteiger partial charge in [-0.1, -0.05) is 41.4 Å². The zero-order valence-electron chi connectivity index (χ0n) is 17.5. The Labute approximate surface area is 195 Å². The molecule has 0 bridgehead atoms. The van der Waals surface area contributed by atoms with Crippen LogP contribution in [0.3, 0.4) is 0 Å². The highest BCUT2D eigenvalue weighted by Gasteiger charge is 2.30. The molecular formula is C25H18ClNO5S. The summed E-state index contributed by atoms with van der Waals surface area (Å²) in [5, 5.41) is 0.691. The van der Waals surface area contributed by atoms with Crippen molar-refractivity contribution in [1.29, 1.82) is 0 Å². The Morgan fingerprint density at radius 2 is 1.58 bits per heavy atom. The number of sulfone groups is 1. The third-order valence-electron chi connectivity index (χ3n) is 5.43. The molecule has 166 valence electrons. The van der Waals surface area contributed by atoms with Crippen LogP contribution in [0.1, 0.15) is 21.5 Å². The Morgan fingerprint density at radius 1 is 0.939 bits per heavy atom. The molecule has 0 amide bonds. The first-order valence-corrected chi connectivity index (χ1v) is 12.0.